The molecule has 1 N–H and O–H groups in total. The Morgan fingerprint density at radius 2 is 2.00 bits per heavy atom. The van der Waals surface area contributed by atoms with Crippen LogP contribution in [0.25, 0.3) is 0 Å². The molecule has 0 saturated heterocycles. The number of anilines is 1. The summed E-state index contributed by atoms with van der Waals surface area (Å²) >= 11 is 6.01. The van der Waals surface area contributed by atoms with Gasteiger partial charge in [-0.3, -0.25) is 9.48 Å². The molecule has 0 bridgehead atoms. The zero-order valence-electron chi connectivity index (χ0n) is 10.5. The largest absolute Gasteiger partial charge is 0.321 e. The van der Waals surface area contributed by atoms with E-state index in [1.165, 1.54) is 0 Å². The van der Waals surface area contributed by atoms with Gasteiger partial charge in [-0.15, -0.1) is 0 Å². The molecule has 0 saturated carbocycles. The van der Waals surface area contributed by atoms with Crippen LogP contribution < -0.4 is 5.32 Å². The van der Waals surface area contributed by atoms with Crippen LogP contribution in [0.3, 0.4) is 0 Å². The number of amides is 1. The number of nitrogens with zero attached hydrogens (tertiary/aromatic N) is 2. The summed E-state index contributed by atoms with van der Waals surface area (Å²) in [7, 11) is 1.81. The molecule has 2 aromatic rings. The van der Waals surface area contributed by atoms with Crippen molar-refractivity contribution in [2.24, 2.45) is 7.05 Å². The second-order valence-electron chi connectivity index (χ2n) is 4.10. The van der Waals surface area contributed by atoms with Crippen LogP contribution in [0, 0.1) is 13.8 Å². The number of carbonyl (C=O) groups excluding carboxylic acids is 1. The van der Waals surface area contributed by atoms with Gasteiger partial charge < -0.3 is 5.32 Å². The SMILES string of the molecule is Cc1nn(C)c(C)c1C(=O)Nc1ccccc1Cl. The van der Waals surface area contributed by atoms with Crippen molar-refractivity contribution >= 4 is 23.2 Å². The van der Waals surface area contributed by atoms with Gasteiger partial charge in [-0.05, 0) is 26.0 Å². The van der Waals surface area contributed by atoms with Crippen LogP contribution in [0.5, 0.6) is 0 Å². The van der Waals surface area contributed by atoms with Gasteiger partial charge in [0.15, 0.2) is 0 Å². The molecule has 5 heteroatoms. The van der Waals surface area contributed by atoms with E-state index in [1.807, 2.05) is 33.0 Å². The van der Waals surface area contributed by atoms with Crippen LogP contribution in [0.15, 0.2) is 24.3 Å². The van der Waals surface area contributed by atoms with Crippen LogP contribution in [0.4, 0.5) is 5.69 Å². The molecule has 0 radical (unpaired) electrons. The van der Waals surface area contributed by atoms with E-state index >= 15 is 0 Å². The Morgan fingerprint density at radius 3 is 2.56 bits per heavy atom. The van der Waals surface area contributed by atoms with E-state index in [0.29, 0.717) is 22.0 Å². The number of hydrogen-bond donors (Lipinski definition) is 1. The monoisotopic (exact) mass is 263 g/mol. The predicted octanol–water partition coefficient (Wildman–Crippen LogP) is 2.94. The molecule has 4 nitrogen and oxygen atoms in total. The number of aromatic nitrogens is 2. The third-order valence-electron chi connectivity index (χ3n) is 2.86. The fourth-order valence-corrected chi connectivity index (χ4v) is 2.03. The van der Waals surface area contributed by atoms with E-state index in [-0.39, 0.29) is 5.91 Å². The van der Waals surface area contributed by atoms with E-state index in [9.17, 15) is 4.79 Å². The van der Waals surface area contributed by atoms with Crippen molar-refractivity contribution in [1.29, 1.82) is 0 Å². The Morgan fingerprint density at radius 1 is 1.33 bits per heavy atom. The standard InChI is InChI=1S/C13H14ClN3O/c1-8-12(9(2)17(3)16-8)13(18)15-11-7-5-4-6-10(11)14/h4-7H,1-3H3,(H,15,18). The van der Waals surface area contributed by atoms with Crippen LogP contribution in [0.1, 0.15) is 21.7 Å². The van der Waals surface area contributed by atoms with Gasteiger partial charge in [-0.2, -0.15) is 5.10 Å². The number of rotatable bonds is 2. The normalized spacial score (nSPS) is 10.4. The summed E-state index contributed by atoms with van der Waals surface area (Å²) in [4.78, 5) is 12.2. The van der Waals surface area contributed by atoms with Gasteiger partial charge in [0.25, 0.3) is 5.91 Å². The molecule has 1 aromatic carbocycles. The highest BCUT2D eigenvalue weighted by Gasteiger charge is 2.17. The summed E-state index contributed by atoms with van der Waals surface area (Å²) < 4.78 is 1.69. The minimum absolute atomic E-state index is 0.189. The molecule has 0 aliphatic rings. The second kappa shape index (κ2) is 4.82. The first-order valence-electron chi connectivity index (χ1n) is 5.56. The molecule has 18 heavy (non-hydrogen) atoms. The highest BCUT2D eigenvalue weighted by molar-refractivity contribution is 6.33. The molecular weight excluding hydrogens is 250 g/mol. The van der Waals surface area contributed by atoms with Crippen LogP contribution in [-0.2, 0) is 7.05 Å². The predicted molar refractivity (Wildman–Crippen MR) is 72.1 cm³/mol. The quantitative estimate of drug-likeness (QED) is 0.906. The second-order valence-corrected chi connectivity index (χ2v) is 4.51. The van der Waals surface area contributed by atoms with E-state index < -0.39 is 0 Å². The zero-order chi connectivity index (χ0) is 13.3. The van der Waals surface area contributed by atoms with Gasteiger partial charge in [0.2, 0.25) is 0 Å². The summed E-state index contributed by atoms with van der Waals surface area (Å²) in [5, 5.41) is 7.53. The van der Waals surface area contributed by atoms with Crippen LogP contribution >= 0.6 is 11.6 Å². The molecule has 1 amide bonds. The molecule has 0 aliphatic heterocycles. The van der Waals surface area contributed by atoms with E-state index in [4.69, 9.17) is 11.6 Å². The molecule has 94 valence electrons. The summed E-state index contributed by atoms with van der Waals surface area (Å²) in [6, 6.07) is 7.14. The van der Waals surface area contributed by atoms with Gasteiger partial charge in [0, 0.05) is 12.7 Å². The van der Waals surface area contributed by atoms with Gasteiger partial charge in [0.1, 0.15) is 0 Å². The Balaban J connectivity index is 2.31. The first-order chi connectivity index (χ1) is 8.50. The fourth-order valence-electron chi connectivity index (χ4n) is 1.85. The lowest BCUT2D eigenvalue weighted by Gasteiger charge is -2.07. The molecule has 0 atom stereocenters. The summed E-state index contributed by atoms with van der Waals surface area (Å²) in [6.07, 6.45) is 0. The van der Waals surface area contributed by atoms with Crippen molar-refractivity contribution in [1.82, 2.24) is 9.78 Å². The molecule has 0 aliphatic carbocycles. The molecule has 2 rings (SSSR count). The maximum Gasteiger partial charge on any atom is 0.259 e. The molecule has 1 heterocycles. The van der Waals surface area contributed by atoms with E-state index in [0.717, 1.165) is 5.69 Å². The van der Waals surface area contributed by atoms with Gasteiger partial charge in [-0.25, -0.2) is 0 Å². The number of benzene rings is 1. The highest BCUT2D eigenvalue weighted by Crippen LogP contribution is 2.22. The lowest BCUT2D eigenvalue weighted by molar-refractivity contribution is 0.102. The number of para-hydroxylation sites is 1. The maximum atomic E-state index is 12.2. The number of hydrogen-bond acceptors (Lipinski definition) is 2. The average Bonchev–Trinajstić information content (AvgIpc) is 2.56. The van der Waals surface area contributed by atoms with Gasteiger partial charge in [0.05, 0.1) is 22.0 Å². The number of aryl methyl sites for hydroxylation is 2. The Kier molecular flexibility index (Phi) is 3.39. The van der Waals surface area contributed by atoms with Crippen LogP contribution in [-0.4, -0.2) is 15.7 Å². The summed E-state index contributed by atoms with van der Waals surface area (Å²) in [6.45, 7) is 3.68. The van der Waals surface area contributed by atoms with E-state index in [2.05, 4.69) is 10.4 Å². The van der Waals surface area contributed by atoms with Crippen LogP contribution in [0.2, 0.25) is 5.02 Å². The summed E-state index contributed by atoms with van der Waals surface area (Å²) in [5.74, 6) is -0.189. The molecule has 0 unspecified atom stereocenters. The summed E-state index contributed by atoms with van der Waals surface area (Å²) in [5.41, 5.74) is 2.74. The number of carbonyl (C=O) groups is 1. The maximum absolute atomic E-state index is 12.2. The first kappa shape index (κ1) is 12.6. The van der Waals surface area contributed by atoms with Crippen molar-refractivity contribution in [3.63, 3.8) is 0 Å². The van der Waals surface area contributed by atoms with Crippen molar-refractivity contribution in [3.05, 3.63) is 46.2 Å². The lowest BCUT2D eigenvalue weighted by Crippen LogP contribution is -2.14. The highest BCUT2D eigenvalue weighted by atomic mass is 35.5. The third-order valence-corrected chi connectivity index (χ3v) is 3.19. The number of nitrogens with one attached hydrogen (secondary N) is 1. The smallest absolute Gasteiger partial charge is 0.259 e. The third kappa shape index (κ3) is 2.24. The molecular formula is C13H14ClN3O. The van der Waals surface area contributed by atoms with Crippen molar-refractivity contribution in [3.8, 4) is 0 Å². The Hall–Kier alpha value is -1.81. The Bertz CT molecular complexity index is 604. The minimum Gasteiger partial charge on any atom is -0.321 e. The number of halogens is 1. The zero-order valence-corrected chi connectivity index (χ0v) is 11.2. The van der Waals surface area contributed by atoms with Crippen molar-refractivity contribution in [2.45, 2.75) is 13.8 Å². The van der Waals surface area contributed by atoms with Gasteiger partial charge >= 0.3 is 0 Å². The first-order valence-corrected chi connectivity index (χ1v) is 5.94. The Labute approximate surface area is 111 Å². The molecule has 0 fully saturated rings. The molecule has 1 aromatic heterocycles. The molecule has 0 spiro atoms. The van der Waals surface area contributed by atoms with Crippen molar-refractivity contribution < 1.29 is 4.79 Å². The minimum atomic E-state index is -0.189. The van der Waals surface area contributed by atoms with Crippen molar-refractivity contribution in [2.75, 3.05) is 5.32 Å². The topological polar surface area (TPSA) is 46.9 Å². The fraction of sp³-hybridized carbons (Fsp3) is 0.231. The van der Waals surface area contributed by atoms with E-state index in [1.54, 1.807) is 16.8 Å². The van der Waals surface area contributed by atoms with Gasteiger partial charge in [-0.1, -0.05) is 23.7 Å². The average molecular weight is 264 g/mol. The lowest BCUT2D eigenvalue weighted by atomic mass is 10.2.